The van der Waals surface area contributed by atoms with Gasteiger partial charge in [-0.3, -0.25) is 4.79 Å². The van der Waals surface area contributed by atoms with Gasteiger partial charge >= 0.3 is 0 Å². The van der Waals surface area contributed by atoms with E-state index in [2.05, 4.69) is 0 Å². The van der Waals surface area contributed by atoms with Crippen LogP contribution in [0, 0.1) is 11.6 Å². The Bertz CT molecular complexity index is 447. The molecule has 0 aliphatic carbocycles. The van der Waals surface area contributed by atoms with E-state index >= 15 is 0 Å². The molecule has 98 valence electrons. The second kappa shape index (κ2) is 5.46. The summed E-state index contributed by atoms with van der Waals surface area (Å²) in [7, 11) is 0. The van der Waals surface area contributed by atoms with E-state index in [1.54, 1.807) is 4.90 Å². The molecule has 1 aliphatic rings. The summed E-state index contributed by atoms with van der Waals surface area (Å²) < 4.78 is 26.8. The SMILES string of the molecule is CC1CCCCCN1C(=O)c1cccc(F)c1F. The smallest absolute Gasteiger partial charge is 0.257 e. The van der Waals surface area contributed by atoms with E-state index in [0.29, 0.717) is 6.54 Å². The third-order valence-corrected chi connectivity index (χ3v) is 3.50. The molecule has 1 aliphatic heterocycles. The molecule has 0 radical (unpaired) electrons. The molecule has 0 bridgehead atoms. The highest BCUT2D eigenvalue weighted by molar-refractivity contribution is 5.94. The average molecular weight is 253 g/mol. The Balaban J connectivity index is 2.26. The molecule has 4 heteroatoms. The maximum Gasteiger partial charge on any atom is 0.257 e. The number of carbonyl (C=O) groups is 1. The molecule has 1 aromatic carbocycles. The zero-order valence-corrected chi connectivity index (χ0v) is 10.5. The van der Waals surface area contributed by atoms with Crippen molar-refractivity contribution in [3.63, 3.8) is 0 Å². The van der Waals surface area contributed by atoms with Crippen LogP contribution in [0.3, 0.4) is 0 Å². The molecular weight excluding hydrogens is 236 g/mol. The van der Waals surface area contributed by atoms with Gasteiger partial charge in [-0.2, -0.15) is 0 Å². The Morgan fingerprint density at radius 3 is 2.83 bits per heavy atom. The van der Waals surface area contributed by atoms with Crippen LogP contribution in [-0.4, -0.2) is 23.4 Å². The lowest BCUT2D eigenvalue weighted by atomic mass is 10.1. The number of nitrogens with zero attached hydrogens (tertiary/aromatic N) is 1. The van der Waals surface area contributed by atoms with Gasteiger partial charge in [0.25, 0.3) is 5.91 Å². The second-order valence-corrected chi connectivity index (χ2v) is 4.80. The normalized spacial score (nSPS) is 20.6. The number of carbonyl (C=O) groups excluding carboxylic acids is 1. The fraction of sp³-hybridized carbons (Fsp3) is 0.500. The number of halogens is 2. The largest absolute Gasteiger partial charge is 0.336 e. The molecule has 18 heavy (non-hydrogen) atoms. The van der Waals surface area contributed by atoms with E-state index in [1.807, 2.05) is 6.92 Å². The highest BCUT2D eigenvalue weighted by Gasteiger charge is 2.25. The Morgan fingerprint density at radius 2 is 2.06 bits per heavy atom. The van der Waals surface area contributed by atoms with Crippen molar-refractivity contribution in [2.75, 3.05) is 6.54 Å². The Labute approximate surface area is 106 Å². The fourth-order valence-corrected chi connectivity index (χ4v) is 2.40. The lowest BCUT2D eigenvalue weighted by Gasteiger charge is -2.27. The van der Waals surface area contributed by atoms with Crippen LogP contribution in [0.2, 0.25) is 0 Å². The lowest BCUT2D eigenvalue weighted by Crippen LogP contribution is -2.38. The van der Waals surface area contributed by atoms with Gasteiger partial charge in [0, 0.05) is 12.6 Å². The molecule has 1 aromatic rings. The zero-order chi connectivity index (χ0) is 13.1. The first-order valence-electron chi connectivity index (χ1n) is 6.36. The predicted octanol–water partition coefficient (Wildman–Crippen LogP) is 3.37. The molecule has 1 unspecified atom stereocenters. The maximum atomic E-state index is 13.6. The van der Waals surface area contributed by atoms with Gasteiger partial charge in [0.05, 0.1) is 5.56 Å². The highest BCUT2D eigenvalue weighted by atomic mass is 19.2. The van der Waals surface area contributed by atoms with Crippen LogP contribution in [0.15, 0.2) is 18.2 Å². The summed E-state index contributed by atoms with van der Waals surface area (Å²) in [5.41, 5.74) is -0.163. The first-order valence-corrected chi connectivity index (χ1v) is 6.36. The van der Waals surface area contributed by atoms with E-state index in [1.165, 1.54) is 12.1 Å². The molecule has 1 heterocycles. The number of hydrogen-bond acceptors (Lipinski definition) is 1. The third kappa shape index (κ3) is 2.52. The molecule has 0 spiro atoms. The van der Waals surface area contributed by atoms with E-state index in [4.69, 9.17) is 0 Å². The molecule has 0 aromatic heterocycles. The van der Waals surface area contributed by atoms with Crippen LogP contribution in [0.25, 0.3) is 0 Å². The Morgan fingerprint density at radius 1 is 1.28 bits per heavy atom. The van der Waals surface area contributed by atoms with Gasteiger partial charge in [-0.1, -0.05) is 18.9 Å². The van der Waals surface area contributed by atoms with Gasteiger partial charge < -0.3 is 4.90 Å². The third-order valence-electron chi connectivity index (χ3n) is 3.50. The van der Waals surface area contributed by atoms with Crippen LogP contribution in [0.5, 0.6) is 0 Å². The number of benzene rings is 1. The number of amides is 1. The Hall–Kier alpha value is -1.45. The van der Waals surface area contributed by atoms with Crippen molar-refractivity contribution in [2.24, 2.45) is 0 Å². The second-order valence-electron chi connectivity index (χ2n) is 4.80. The molecule has 0 saturated carbocycles. The monoisotopic (exact) mass is 253 g/mol. The first-order chi connectivity index (χ1) is 8.61. The molecule has 2 rings (SSSR count). The van der Waals surface area contributed by atoms with Crippen molar-refractivity contribution in [2.45, 2.75) is 38.6 Å². The molecule has 0 N–H and O–H groups in total. The lowest BCUT2D eigenvalue weighted by molar-refractivity contribution is 0.0692. The van der Waals surface area contributed by atoms with E-state index in [-0.39, 0.29) is 11.6 Å². The summed E-state index contributed by atoms with van der Waals surface area (Å²) in [6, 6.07) is 3.83. The van der Waals surface area contributed by atoms with Crippen molar-refractivity contribution in [3.05, 3.63) is 35.4 Å². The molecule has 1 saturated heterocycles. The van der Waals surface area contributed by atoms with Gasteiger partial charge in [0.2, 0.25) is 0 Å². The minimum atomic E-state index is -1.04. The van der Waals surface area contributed by atoms with Gasteiger partial charge in [-0.05, 0) is 31.9 Å². The van der Waals surface area contributed by atoms with Crippen LogP contribution >= 0.6 is 0 Å². The van der Waals surface area contributed by atoms with Crippen LogP contribution < -0.4 is 0 Å². The topological polar surface area (TPSA) is 20.3 Å². The first kappa shape index (κ1) is 13.0. The summed E-state index contributed by atoms with van der Waals surface area (Å²) in [4.78, 5) is 13.9. The molecular formula is C14H17F2NO. The van der Waals surface area contributed by atoms with Gasteiger partial charge in [-0.15, -0.1) is 0 Å². The quantitative estimate of drug-likeness (QED) is 0.751. The standard InChI is InChI=1S/C14H17F2NO/c1-10-6-3-2-4-9-17(10)14(18)11-7-5-8-12(15)13(11)16/h5,7-8,10H,2-4,6,9H2,1H3. The number of likely N-dealkylation sites (tertiary alicyclic amines) is 1. The number of rotatable bonds is 1. The van der Waals surface area contributed by atoms with Crippen LogP contribution in [-0.2, 0) is 0 Å². The van der Waals surface area contributed by atoms with E-state index < -0.39 is 17.5 Å². The van der Waals surface area contributed by atoms with Crippen LogP contribution in [0.4, 0.5) is 8.78 Å². The minimum absolute atomic E-state index is 0.0858. The van der Waals surface area contributed by atoms with Gasteiger partial charge in [-0.25, -0.2) is 8.78 Å². The van der Waals surface area contributed by atoms with E-state index in [0.717, 1.165) is 31.7 Å². The summed E-state index contributed by atoms with van der Waals surface area (Å²) >= 11 is 0. The van der Waals surface area contributed by atoms with Crippen molar-refractivity contribution in [3.8, 4) is 0 Å². The molecule has 2 nitrogen and oxygen atoms in total. The van der Waals surface area contributed by atoms with Crippen molar-refractivity contribution >= 4 is 5.91 Å². The highest BCUT2D eigenvalue weighted by Crippen LogP contribution is 2.21. The van der Waals surface area contributed by atoms with Gasteiger partial charge in [0.15, 0.2) is 11.6 Å². The van der Waals surface area contributed by atoms with Crippen LogP contribution in [0.1, 0.15) is 43.0 Å². The van der Waals surface area contributed by atoms with Crippen molar-refractivity contribution in [1.82, 2.24) is 4.90 Å². The average Bonchev–Trinajstić information content (AvgIpc) is 2.57. The molecule has 1 amide bonds. The maximum absolute atomic E-state index is 13.6. The summed E-state index contributed by atoms with van der Waals surface area (Å²) in [5, 5.41) is 0. The summed E-state index contributed by atoms with van der Waals surface area (Å²) in [5.74, 6) is -2.41. The van der Waals surface area contributed by atoms with Crippen molar-refractivity contribution in [1.29, 1.82) is 0 Å². The van der Waals surface area contributed by atoms with E-state index in [9.17, 15) is 13.6 Å². The summed E-state index contributed by atoms with van der Waals surface area (Å²) in [6.45, 7) is 2.58. The Kier molecular flexibility index (Phi) is 3.94. The molecule has 1 fully saturated rings. The van der Waals surface area contributed by atoms with Crippen molar-refractivity contribution < 1.29 is 13.6 Å². The molecule has 1 atom stereocenters. The summed E-state index contributed by atoms with van der Waals surface area (Å²) in [6.07, 6.45) is 4.01. The predicted molar refractivity (Wildman–Crippen MR) is 65.3 cm³/mol. The minimum Gasteiger partial charge on any atom is -0.336 e. The van der Waals surface area contributed by atoms with Gasteiger partial charge in [0.1, 0.15) is 0 Å². The fourth-order valence-electron chi connectivity index (χ4n) is 2.40. The zero-order valence-electron chi connectivity index (χ0n) is 10.5. The number of hydrogen-bond donors (Lipinski definition) is 0.